The third-order valence-electron chi connectivity index (χ3n) is 2.70. The third kappa shape index (κ3) is 4.88. The first-order valence-corrected chi connectivity index (χ1v) is 6.97. The van der Waals surface area contributed by atoms with E-state index in [1.54, 1.807) is 0 Å². The molecular weight excluding hydrogens is 264 g/mol. The minimum absolute atomic E-state index is 0.405. The lowest BCUT2D eigenvalue weighted by Gasteiger charge is -2.19. The van der Waals surface area contributed by atoms with Crippen molar-refractivity contribution in [3.05, 3.63) is 36.0 Å². The summed E-state index contributed by atoms with van der Waals surface area (Å²) in [6.45, 7) is 5.99. The van der Waals surface area contributed by atoms with Crippen LogP contribution in [0.3, 0.4) is 0 Å². The number of hydrogen-bond acceptors (Lipinski definition) is 2. The number of hydrogen-bond donors (Lipinski definition) is 2. The SMILES string of the molecule is CC(C)(C)OC(=O)NCCC#Cc1ccc2[nH]ccc2c1. The lowest BCUT2D eigenvalue weighted by atomic mass is 10.1. The maximum atomic E-state index is 11.4. The van der Waals surface area contributed by atoms with Crippen molar-refractivity contribution >= 4 is 17.0 Å². The number of H-pyrrole nitrogens is 1. The van der Waals surface area contributed by atoms with Gasteiger partial charge in [0.15, 0.2) is 0 Å². The number of carbonyl (C=O) groups excluding carboxylic acids is 1. The van der Waals surface area contributed by atoms with Crippen molar-refractivity contribution in [2.75, 3.05) is 6.54 Å². The van der Waals surface area contributed by atoms with Crippen LogP contribution in [0.2, 0.25) is 0 Å². The largest absolute Gasteiger partial charge is 0.444 e. The monoisotopic (exact) mass is 284 g/mol. The van der Waals surface area contributed by atoms with E-state index in [-0.39, 0.29) is 0 Å². The Morgan fingerprint density at radius 2 is 2.14 bits per heavy atom. The summed E-state index contributed by atoms with van der Waals surface area (Å²) in [4.78, 5) is 14.6. The molecule has 0 atom stereocenters. The quantitative estimate of drug-likeness (QED) is 0.655. The molecule has 4 heteroatoms. The van der Waals surface area contributed by atoms with Crippen molar-refractivity contribution in [3.8, 4) is 11.8 Å². The van der Waals surface area contributed by atoms with Crippen LogP contribution in [0, 0.1) is 11.8 Å². The molecule has 0 aliphatic rings. The van der Waals surface area contributed by atoms with E-state index in [0.717, 1.165) is 16.5 Å². The average Bonchev–Trinajstić information content (AvgIpc) is 2.83. The van der Waals surface area contributed by atoms with Gasteiger partial charge in [0.1, 0.15) is 5.60 Å². The van der Waals surface area contributed by atoms with Gasteiger partial charge in [-0.15, -0.1) is 0 Å². The average molecular weight is 284 g/mol. The number of carbonyl (C=O) groups is 1. The minimum atomic E-state index is -0.471. The molecule has 2 rings (SSSR count). The Morgan fingerprint density at radius 3 is 2.90 bits per heavy atom. The summed E-state index contributed by atoms with van der Waals surface area (Å²) >= 11 is 0. The number of aromatic amines is 1. The van der Waals surface area contributed by atoms with Gasteiger partial charge in [-0.2, -0.15) is 0 Å². The molecule has 4 nitrogen and oxygen atoms in total. The van der Waals surface area contributed by atoms with E-state index in [4.69, 9.17) is 4.74 Å². The van der Waals surface area contributed by atoms with Gasteiger partial charge in [0.05, 0.1) is 0 Å². The van der Waals surface area contributed by atoms with Crippen LogP contribution in [0.4, 0.5) is 4.79 Å². The number of ether oxygens (including phenoxy) is 1. The number of fused-ring (bicyclic) bond motifs is 1. The summed E-state index contributed by atoms with van der Waals surface area (Å²) in [6.07, 6.45) is 2.09. The fraction of sp³-hybridized carbons (Fsp3) is 0.353. The Bertz CT molecular complexity index is 684. The third-order valence-corrected chi connectivity index (χ3v) is 2.70. The molecule has 0 spiro atoms. The van der Waals surface area contributed by atoms with Crippen LogP contribution in [-0.2, 0) is 4.74 Å². The summed E-state index contributed by atoms with van der Waals surface area (Å²) in [5.74, 6) is 6.14. The van der Waals surface area contributed by atoms with Gasteiger partial charge in [-0.25, -0.2) is 4.79 Å². The normalized spacial score (nSPS) is 10.8. The zero-order chi connectivity index (χ0) is 15.3. The number of benzene rings is 1. The molecule has 0 unspecified atom stereocenters. The molecule has 2 aromatic rings. The Morgan fingerprint density at radius 1 is 1.33 bits per heavy atom. The molecule has 110 valence electrons. The molecule has 0 radical (unpaired) electrons. The fourth-order valence-corrected chi connectivity index (χ4v) is 1.84. The lowest BCUT2D eigenvalue weighted by Crippen LogP contribution is -2.32. The Hall–Kier alpha value is -2.41. The molecule has 0 aliphatic carbocycles. The van der Waals surface area contributed by atoms with Gasteiger partial charge in [-0.3, -0.25) is 0 Å². The standard InChI is InChI=1S/C17H20N2O2/c1-17(2,3)21-16(20)19-10-5-4-6-13-7-8-15-14(12-13)9-11-18-15/h7-9,11-12,18H,5,10H2,1-3H3,(H,19,20). The second-order valence-electron chi connectivity index (χ2n) is 5.76. The van der Waals surface area contributed by atoms with E-state index < -0.39 is 11.7 Å². The second kappa shape index (κ2) is 6.36. The maximum absolute atomic E-state index is 11.4. The highest BCUT2D eigenvalue weighted by atomic mass is 16.6. The van der Waals surface area contributed by atoms with Crippen LogP contribution >= 0.6 is 0 Å². The Labute approximate surface area is 124 Å². The summed E-state index contributed by atoms with van der Waals surface area (Å²) < 4.78 is 5.14. The van der Waals surface area contributed by atoms with Crippen molar-refractivity contribution < 1.29 is 9.53 Å². The number of aromatic nitrogens is 1. The van der Waals surface area contributed by atoms with Crippen LogP contribution in [0.5, 0.6) is 0 Å². The van der Waals surface area contributed by atoms with E-state index in [2.05, 4.69) is 22.1 Å². The molecule has 0 bridgehead atoms. The molecule has 21 heavy (non-hydrogen) atoms. The van der Waals surface area contributed by atoms with Crippen molar-refractivity contribution in [3.63, 3.8) is 0 Å². The van der Waals surface area contributed by atoms with E-state index >= 15 is 0 Å². The molecule has 0 saturated heterocycles. The second-order valence-corrected chi connectivity index (χ2v) is 5.76. The van der Waals surface area contributed by atoms with E-state index in [1.165, 1.54) is 0 Å². The lowest BCUT2D eigenvalue weighted by molar-refractivity contribution is 0.0529. The number of nitrogens with one attached hydrogen (secondary N) is 2. The van der Waals surface area contributed by atoms with Gasteiger partial charge in [0, 0.05) is 35.6 Å². The van der Waals surface area contributed by atoms with Crippen LogP contribution < -0.4 is 5.32 Å². The van der Waals surface area contributed by atoms with Crippen molar-refractivity contribution in [2.24, 2.45) is 0 Å². The van der Waals surface area contributed by atoms with Gasteiger partial charge in [0.2, 0.25) is 0 Å². The predicted molar refractivity (Wildman–Crippen MR) is 84.0 cm³/mol. The molecule has 1 aromatic heterocycles. The molecule has 2 N–H and O–H groups in total. The number of alkyl carbamates (subject to hydrolysis) is 1. The van der Waals surface area contributed by atoms with Crippen LogP contribution in [0.25, 0.3) is 10.9 Å². The summed E-state index contributed by atoms with van der Waals surface area (Å²) in [5.41, 5.74) is 1.60. The van der Waals surface area contributed by atoms with Crippen molar-refractivity contribution in [1.82, 2.24) is 10.3 Å². The zero-order valence-electron chi connectivity index (χ0n) is 12.6. The topological polar surface area (TPSA) is 54.1 Å². The Balaban J connectivity index is 1.80. The summed E-state index contributed by atoms with van der Waals surface area (Å²) in [7, 11) is 0. The van der Waals surface area contributed by atoms with Gasteiger partial charge in [0.25, 0.3) is 0 Å². The molecule has 0 fully saturated rings. The summed E-state index contributed by atoms with van der Waals surface area (Å²) in [5, 5.41) is 3.83. The maximum Gasteiger partial charge on any atom is 0.407 e. The Kier molecular flexibility index (Phi) is 4.54. The molecule has 0 aliphatic heterocycles. The predicted octanol–water partition coefficient (Wildman–Crippen LogP) is 3.43. The first-order valence-electron chi connectivity index (χ1n) is 6.97. The van der Waals surface area contributed by atoms with Crippen molar-refractivity contribution in [2.45, 2.75) is 32.8 Å². The van der Waals surface area contributed by atoms with Crippen molar-refractivity contribution in [1.29, 1.82) is 0 Å². The zero-order valence-corrected chi connectivity index (χ0v) is 12.6. The molecule has 1 amide bonds. The van der Waals surface area contributed by atoms with Gasteiger partial charge >= 0.3 is 6.09 Å². The van der Waals surface area contributed by atoms with Gasteiger partial charge in [-0.05, 0) is 45.0 Å². The highest BCUT2D eigenvalue weighted by molar-refractivity contribution is 5.80. The molecule has 0 saturated carbocycles. The van der Waals surface area contributed by atoms with E-state index in [9.17, 15) is 4.79 Å². The molecular formula is C17H20N2O2. The highest BCUT2D eigenvalue weighted by Gasteiger charge is 2.15. The van der Waals surface area contributed by atoms with Crippen LogP contribution in [0.15, 0.2) is 30.5 Å². The van der Waals surface area contributed by atoms with Crippen LogP contribution in [0.1, 0.15) is 32.8 Å². The van der Waals surface area contributed by atoms with Crippen LogP contribution in [-0.4, -0.2) is 23.2 Å². The van der Waals surface area contributed by atoms with Gasteiger partial charge in [-0.1, -0.05) is 11.8 Å². The fourth-order valence-electron chi connectivity index (χ4n) is 1.84. The smallest absolute Gasteiger partial charge is 0.407 e. The first kappa shape index (κ1) is 15.0. The molecule has 1 heterocycles. The number of rotatable bonds is 2. The first-order chi connectivity index (χ1) is 9.94. The molecule has 1 aromatic carbocycles. The van der Waals surface area contributed by atoms with E-state index in [0.29, 0.717) is 13.0 Å². The highest BCUT2D eigenvalue weighted by Crippen LogP contribution is 2.13. The minimum Gasteiger partial charge on any atom is -0.444 e. The van der Waals surface area contributed by atoms with E-state index in [1.807, 2.05) is 51.2 Å². The van der Waals surface area contributed by atoms with Gasteiger partial charge < -0.3 is 15.0 Å². The number of amides is 1. The summed E-state index contributed by atoms with van der Waals surface area (Å²) in [6, 6.07) is 8.05.